The minimum absolute atomic E-state index is 0.243. The second-order valence-corrected chi connectivity index (χ2v) is 5.19. The summed E-state index contributed by atoms with van der Waals surface area (Å²) in [5, 5.41) is 9.48. The van der Waals surface area contributed by atoms with Gasteiger partial charge in [-0.2, -0.15) is 0 Å². The van der Waals surface area contributed by atoms with E-state index in [4.69, 9.17) is 4.74 Å². The lowest BCUT2D eigenvalue weighted by Gasteiger charge is -2.33. The molecule has 0 heterocycles. The Bertz CT molecular complexity index is 367. The Morgan fingerprint density at radius 2 is 1.94 bits per heavy atom. The van der Waals surface area contributed by atoms with Crippen molar-refractivity contribution in [2.24, 2.45) is 5.41 Å². The van der Waals surface area contributed by atoms with Gasteiger partial charge in [0.05, 0.1) is 19.3 Å². The summed E-state index contributed by atoms with van der Waals surface area (Å²) in [5.41, 5.74) is 0.739. The molecule has 1 fully saturated rings. The molecule has 3 heteroatoms. The van der Waals surface area contributed by atoms with Gasteiger partial charge < -0.3 is 14.6 Å². The third-order valence-electron chi connectivity index (χ3n) is 3.70. The molecule has 0 atom stereocenters. The second kappa shape index (κ2) is 6.12. The van der Waals surface area contributed by atoms with Gasteiger partial charge in [-0.1, -0.05) is 30.3 Å². The van der Waals surface area contributed by atoms with Crippen LogP contribution in [-0.2, 0) is 16.1 Å². The molecular weight excluding hydrogens is 228 g/mol. The molecule has 0 radical (unpaired) electrons. The second-order valence-electron chi connectivity index (χ2n) is 5.19. The quantitative estimate of drug-likeness (QED) is 0.813. The number of rotatable bonds is 5. The molecule has 3 nitrogen and oxygen atoms in total. The summed E-state index contributed by atoms with van der Waals surface area (Å²) in [4.78, 5) is 11.3. The number of aliphatic hydroxyl groups is 1. The maximum Gasteiger partial charge on any atom is 0.128 e. The van der Waals surface area contributed by atoms with Crippen molar-refractivity contribution < 1.29 is 14.6 Å². The van der Waals surface area contributed by atoms with Gasteiger partial charge in [0.1, 0.15) is 6.29 Å². The van der Waals surface area contributed by atoms with Crippen LogP contribution in [0.25, 0.3) is 0 Å². The largest absolute Gasteiger partial charge is 0.393 e. The van der Waals surface area contributed by atoms with E-state index < -0.39 is 0 Å². The lowest BCUT2D eigenvalue weighted by molar-refractivity contribution is -0.124. The van der Waals surface area contributed by atoms with Crippen molar-refractivity contribution in [3.63, 3.8) is 0 Å². The molecule has 98 valence electrons. The zero-order valence-electron chi connectivity index (χ0n) is 10.5. The van der Waals surface area contributed by atoms with Crippen molar-refractivity contribution in [2.45, 2.75) is 38.4 Å². The molecule has 1 aromatic carbocycles. The third kappa shape index (κ3) is 3.40. The molecule has 0 unspecified atom stereocenters. The molecule has 0 aliphatic heterocycles. The van der Waals surface area contributed by atoms with E-state index in [1.165, 1.54) is 0 Å². The minimum atomic E-state index is -0.381. The highest BCUT2D eigenvalue weighted by molar-refractivity contribution is 5.59. The van der Waals surface area contributed by atoms with Crippen LogP contribution in [0, 0.1) is 5.41 Å². The Hall–Kier alpha value is -1.19. The van der Waals surface area contributed by atoms with Crippen molar-refractivity contribution in [1.29, 1.82) is 0 Å². The zero-order chi connectivity index (χ0) is 12.8. The first-order valence-corrected chi connectivity index (χ1v) is 6.50. The van der Waals surface area contributed by atoms with Crippen molar-refractivity contribution >= 4 is 6.29 Å². The van der Waals surface area contributed by atoms with Gasteiger partial charge in [0, 0.05) is 5.41 Å². The fourth-order valence-electron chi connectivity index (χ4n) is 2.42. The molecule has 0 spiro atoms. The summed E-state index contributed by atoms with van der Waals surface area (Å²) in [7, 11) is 0. The average molecular weight is 248 g/mol. The average Bonchev–Trinajstić information content (AvgIpc) is 2.43. The van der Waals surface area contributed by atoms with Gasteiger partial charge in [-0.25, -0.2) is 0 Å². The molecule has 1 aromatic rings. The van der Waals surface area contributed by atoms with Crippen molar-refractivity contribution in [3.8, 4) is 0 Å². The number of carbonyl (C=O) groups is 1. The molecule has 0 saturated heterocycles. The molecule has 1 aliphatic rings. The Labute approximate surface area is 108 Å². The van der Waals surface area contributed by atoms with Crippen molar-refractivity contribution in [3.05, 3.63) is 35.9 Å². The van der Waals surface area contributed by atoms with E-state index >= 15 is 0 Å². The van der Waals surface area contributed by atoms with Crippen molar-refractivity contribution in [1.82, 2.24) is 0 Å². The molecule has 0 bridgehead atoms. The fourth-order valence-corrected chi connectivity index (χ4v) is 2.42. The van der Waals surface area contributed by atoms with E-state index in [1.54, 1.807) is 0 Å². The number of hydrogen-bond donors (Lipinski definition) is 1. The van der Waals surface area contributed by atoms with E-state index in [9.17, 15) is 9.90 Å². The van der Waals surface area contributed by atoms with E-state index in [-0.39, 0.29) is 11.5 Å². The van der Waals surface area contributed by atoms with Crippen LogP contribution >= 0.6 is 0 Å². The highest BCUT2D eigenvalue weighted by Gasteiger charge is 2.34. The van der Waals surface area contributed by atoms with E-state index in [1.807, 2.05) is 30.3 Å². The van der Waals surface area contributed by atoms with E-state index in [0.717, 1.165) is 24.7 Å². The van der Waals surface area contributed by atoms with Crippen LogP contribution in [0.4, 0.5) is 0 Å². The first-order chi connectivity index (χ1) is 8.74. The van der Waals surface area contributed by atoms with Crippen LogP contribution in [-0.4, -0.2) is 24.1 Å². The van der Waals surface area contributed by atoms with Gasteiger partial charge in [-0.3, -0.25) is 0 Å². The fraction of sp³-hybridized carbons (Fsp3) is 0.533. The summed E-state index contributed by atoms with van der Waals surface area (Å²) in [6, 6.07) is 9.95. The standard InChI is InChI=1S/C15H20O3/c16-11-15(8-6-14(17)7-9-15)12-18-10-13-4-2-1-3-5-13/h1-5,11,14,17H,6-10,12H2. The van der Waals surface area contributed by atoms with Gasteiger partial charge in [0.15, 0.2) is 0 Å². The Kier molecular flexibility index (Phi) is 4.50. The summed E-state index contributed by atoms with van der Waals surface area (Å²) >= 11 is 0. The number of aliphatic hydroxyl groups excluding tert-OH is 1. The SMILES string of the molecule is O=CC1(COCc2ccccc2)CCC(O)CC1. The lowest BCUT2D eigenvalue weighted by atomic mass is 9.75. The first-order valence-electron chi connectivity index (χ1n) is 6.50. The molecule has 1 aliphatic carbocycles. The maximum atomic E-state index is 11.3. The molecule has 1 N–H and O–H groups in total. The minimum Gasteiger partial charge on any atom is -0.393 e. The van der Waals surface area contributed by atoms with Gasteiger partial charge in [0.25, 0.3) is 0 Å². The van der Waals surface area contributed by atoms with Gasteiger partial charge >= 0.3 is 0 Å². The zero-order valence-corrected chi connectivity index (χ0v) is 10.5. The highest BCUT2D eigenvalue weighted by atomic mass is 16.5. The van der Waals surface area contributed by atoms with Crippen LogP contribution in [0.15, 0.2) is 30.3 Å². The lowest BCUT2D eigenvalue weighted by Crippen LogP contribution is -2.35. The summed E-state index contributed by atoms with van der Waals surface area (Å²) < 4.78 is 5.68. The van der Waals surface area contributed by atoms with Crippen LogP contribution in [0.5, 0.6) is 0 Å². The monoisotopic (exact) mass is 248 g/mol. The highest BCUT2D eigenvalue weighted by Crippen LogP contribution is 2.35. The summed E-state index contributed by atoms with van der Waals surface area (Å²) in [6.45, 7) is 0.997. The summed E-state index contributed by atoms with van der Waals surface area (Å²) in [5.74, 6) is 0. The smallest absolute Gasteiger partial charge is 0.128 e. The molecule has 18 heavy (non-hydrogen) atoms. The predicted molar refractivity (Wildman–Crippen MR) is 69.1 cm³/mol. The number of ether oxygens (including phenoxy) is 1. The maximum absolute atomic E-state index is 11.3. The normalized spacial score (nSPS) is 27.9. The molecule has 2 rings (SSSR count). The van der Waals surface area contributed by atoms with Gasteiger partial charge in [0.2, 0.25) is 0 Å². The number of aldehydes is 1. The van der Waals surface area contributed by atoms with E-state index in [0.29, 0.717) is 26.1 Å². The molecular formula is C15H20O3. The van der Waals surface area contributed by atoms with Crippen LogP contribution in [0.3, 0.4) is 0 Å². The van der Waals surface area contributed by atoms with Crippen LogP contribution in [0.1, 0.15) is 31.2 Å². The van der Waals surface area contributed by atoms with Gasteiger partial charge in [-0.15, -0.1) is 0 Å². The molecule has 0 amide bonds. The van der Waals surface area contributed by atoms with Gasteiger partial charge in [-0.05, 0) is 31.2 Å². The predicted octanol–water partition coefficient (Wildman–Crippen LogP) is 2.32. The Balaban J connectivity index is 1.82. The number of hydrogen-bond acceptors (Lipinski definition) is 3. The topological polar surface area (TPSA) is 46.5 Å². The first kappa shape index (κ1) is 13.2. The Morgan fingerprint density at radius 1 is 1.28 bits per heavy atom. The van der Waals surface area contributed by atoms with Crippen molar-refractivity contribution in [2.75, 3.05) is 6.61 Å². The Morgan fingerprint density at radius 3 is 2.56 bits per heavy atom. The number of benzene rings is 1. The van der Waals surface area contributed by atoms with E-state index in [2.05, 4.69) is 0 Å². The summed E-state index contributed by atoms with van der Waals surface area (Å²) in [6.07, 6.45) is 3.64. The van der Waals surface area contributed by atoms with Crippen LogP contribution in [0.2, 0.25) is 0 Å². The van der Waals surface area contributed by atoms with Crippen LogP contribution < -0.4 is 0 Å². The molecule has 1 saturated carbocycles. The molecule has 0 aromatic heterocycles. The number of carbonyl (C=O) groups excluding carboxylic acids is 1. The third-order valence-corrected chi connectivity index (χ3v) is 3.70.